The average Bonchev–Trinajstić information content (AvgIpc) is 2.33. The molecule has 1 aromatic rings. The minimum atomic E-state index is -1.23. The van der Waals surface area contributed by atoms with Gasteiger partial charge in [0.2, 0.25) is 0 Å². The Hall–Kier alpha value is -0.940. The lowest BCUT2D eigenvalue weighted by Gasteiger charge is -2.10. The van der Waals surface area contributed by atoms with Crippen molar-refractivity contribution < 1.29 is 18.1 Å². The largest absolute Gasteiger partial charge is 0.469 e. The highest BCUT2D eigenvalue weighted by Crippen LogP contribution is 2.18. The van der Waals surface area contributed by atoms with E-state index in [0.717, 1.165) is 0 Å². The fourth-order valence-corrected chi connectivity index (χ4v) is 2.66. The fraction of sp³-hybridized carbons (Fsp3) is 0.417. The fourth-order valence-electron chi connectivity index (χ4n) is 1.35. The van der Waals surface area contributed by atoms with E-state index in [0.29, 0.717) is 5.56 Å². The van der Waals surface area contributed by atoms with Crippen LogP contribution in [-0.2, 0) is 26.1 Å². The van der Waals surface area contributed by atoms with Crippen LogP contribution in [0.2, 0.25) is 5.02 Å². The first-order chi connectivity index (χ1) is 8.43. The first-order valence-corrected chi connectivity index (χ1v) is 7.08. The van der Waals surface area contributed by atoms with Crippen molar-refractivity contribution in [1.29, 1.82) is 0 Å². The summed E-state index contributed by atoms with van der Waals surface area (Å²) in [5.74, 6) is -0.667. The number of rotatable bonds is 5. The maximum absolute atomic E-state index is 12.9. The Kier molecular flexibility index (Phi) is 5.75. The molecule has 0 spiro atoms. The number of hydrogen-bond acceptors (Lipinski definition) is 3. The van der Waals surface area contributed by atoms with E-state index in [-0.39, 0.29) is 22.4 Å². The molecule has 1 rings (SSSR count). The lowest BCUT2D eigenvalue weighted by atomic mass is 10.2. The Labute approximate surface area is 113 Å². The standard InChI is InChI=1S/C12H14ClFO3S/c1-8(5-12(15)17-2)18(16)7-9-3-4-11(14)10(13)6-9/h3-4,6,8H,5,7H2,1-2H3. The molecule has 0 saturated heterocycles. The van der Waals surface area contributed by atoms with Crippen molar-refractivity contribution in [2.75, 3.05) is 7.11 Å². The van der Waals surface area contributed by atoms with Crippen LogP contribution in [0.4, 0.5) is 4.39 Å². The molecular weight excluding hydrogens is 279 g/mol. The van der Waals surface area contributed by atoms with E-state index in [4.69, 9.17) is 11.6 Å². The molecule has 0 aliphatic heterocycles. The van der Waals surface area contributed by atoms with Crippen LogP contribution in [0.25, 0.3) is 0 Å². The lowest BCUT2D eigenvalue weighted by molar-refractivity contribution is -0.140. The summed E-state index contributed by atoms with van der Waals surface area (Å²) in [4.78, 5) is 11.1. The number of carbonyl (C=O) groups is 1. The highest BCUT2D eigenvalue weighted by atomic mass is 35.5. The van der Waals surface area contributed by atoms with E-state index in [1.165, 1.54) is 25.3 Å². The van der Waals surface area contributed by atoms with Gasteiger partial charge in [-0.15, -0.1) is 0 Å². The van der Waals surface area contributed by atoms with Gasteiger partial charge in [-0.05, 0) is 17.7 Å². The number of hydrogen-bond donors (Lipinski definition) is 0. The molecule has 2 atom stereocenters. The molecule has 0 saturated carbocycles. The summed E-state index contributed by atoms with van der Waals surface area (Å²) >= 11 is 5.64. The first kappa shape index (κ1) is 15.1. The molecule has 1 aromatic carbocycles. The van der Waals surface area contributed by atoms with Crippen molar-refractivity contribution in [2.24, 2.45) is 0 Å². The zero-order valence-corrected chi connectivity index (χ0v) is 11.7. The molecule has 0 heterocycles. The normalized spacial score (nSPS) is 14.0. The minimum absolute atomic E-state index is 0.00474. The topological polar surface area (TPSA) is 43.4 Å². The molecule has 0 N–H and O–H groups in total. The monoisotopic (exact) mass is 292 g/mol. The van der Waals surface area contributed by atoms with Gasteiger partial charge >= 0.3 is 5.97 Å². The van der Waals surface area contributed by atoms with Gasteiger partial charge in [-0.25, -0.2) is 4.39 Å². The Morgan fingerprint density at radius 3 is 2.78 bits per heavy atom. The van der Waals surface area contributed by atoms with Gasteiger partial charge in [0.05, 0.1) is 18.6 Å². The summed E-state index contributed by atoms with van der Waals surface area (Å²) < 4.78 is 29.4. The highest BCUT2D eigenvalue weighted by molar-refractivity contribution is 7.84. The molecule has 0 aliphatic carbocycles. The molecule has 0 fully saturated rings. The second kappa shape index (κ2) is 6.85. The summed E-state index contributed by atoms with van der Waals surface area (Å²) in [5, 5.41) is -0.314. The SMILES string of the molecule is COC(=O)CC(C)S(=O)Cc1ccc(F)c(Cl)c1. The van der Waals surface area contributed by atoms with Crippen LogP contribution >= 0.6 is 11.6 Å². The summed E-state index contributed by atoms with van der Waals surface area (Å²) in [6.07, 6.45) is 0.0953. The number of carbonyl (C=O) groups excluding carboxylic acids is 1. The molecule has 6 heteroatoms. The van der Waals surface area contributed by atoms with Gasteiger partial charge < -0.3 is 4.74 Å². The minimum Gasteiger partial charge on any atom is -0.469 e. The van der Waals surface area contributed by atoms with Crippen LogP contribution in [0, 0.1) is 5.82 Å². The van der Waals surface area contributed by atoms with Crippen LogP contribution in [0.3, 0.4) is 0 Å². The number of esters is 1. The van der Waals surface area contributed by atoms with Gasteiger partial charge in [-0.1, -0.05) is 24.6 Å². The third-order valence-electron chi connectivity index (χ3n) is 2.42. The van der Waals surface area contributed by atoms with Crippen molar-refractivity contribution >= 4 is 28.4 Å². The van der Waals surface area contributed by atoms with Crippen molar-refractivity contribution in [2.45, 2.75) is 24.3 Å². The van der Waals surface area contributed by atoms with Crippen molar-refractivity contribution in [3.8, 4) is 0 Å². The second-order valence-electron chi connectivity index (χ2n) is 3.86. The lowest BCUT2D eigenvalue weighted by Crippen LogP contribution is -2.18. The number of halogens is 2. The zero-order valence-electron chi connectivity index (χ0n) is 10.1. The molecule has 18 heavy (non-hydrogen) atoms. The van der Waals surface area contributed by atoms with Crippen LogP contribution in [-0.4, -0.2) is 22.5 Å². The van der Waals surface area contributed by atoms with Gasteiger partial charge in [-0.3, -0.25) is 9.00 Å². The molecule has 0 bridgehead atoms. The zero-order chi connectivity index (χ0) is 13.7. The van der Waals surface area contributed by atoms with Crippen LogP contribution in [0.15, 0.2) is 18.2 Å². The Morgan fingerprint density at radius 1 is 1.56 bits per heavy atom. The maximum atomic E-state index is 12.9. The van der Waals surface area contributed by atoms with E-state index < -0.39 is 22.6 Å². The average molecular weight is 293 g/mol. The van der Waals surface area contributed by atoms with E-state index in [9.17, 15) is 13.4 Å². The Bertz CT molecular complexity index is 465. The molecule has 2 unspecified atom stereocenters. The van der Waals surface area contributed by atoms with E-state index in [2.05, 4.69) is 4.74 Å². The third kappa shape index (κ3) is 4.38. The molecule has 100 valence electrons. The van der Waals surface area contributed by atoms with Gasteiger partial charge in [0.1, 0.15) is 5.82 Å². The quantitative estimate of drug-likeness (QED) is 0.784. The maximum Gasteiger partial charge on any atom is 0.306 e. The van der Waals surface area contributed by atoms with Gasteiger partial charge in [0, 0.05) is 21.8 Å². The number of methoxy groups -OCH3 is 1. The smallest absolute Gasteiger partial charge is 0.306 e. The molecule has 0 aromatic heterocycles. The van der Waals surface area contributed by atoms with Gasteiger partial charge in [0.15, 0.2) is 0 Å². The van der Waals surface area contributed by atoms with Crippen LogP contribution in [0.5, 0.6) is 0 Å². The van der Waals surface area contributed by atoms with Crippen molar-refractivity contribution in [3.05, 3.63) is 34.6 Å². The highest BCUT2D eigenvalue weighted by Gasteiger charge is 2.16. The molecular formula is C12H14ClFO3S. The number of benzene rings is 1. The first-order valence-electron chi connectivity index (χ1n) is 5.32. The predicted octanol–water partition coefficient (Wildman–Crippen LogP) is 2.68. The van der Waals surface area contributed by atoms with Crippen LogP contribution in [0.1, 0.15) is 18.9 Å². The molecule has 0 amide bonds. The van der Waals surface area contributed by atoms with Gasteiger partial charge in [0.25, 0.3) is 0 Å². The summed E-state index contributed by atoms with van der Waals surface area (Å²) in [7, 11) is 0.0547. The van der Waals surface area contributed by atoms with E-state index in [1.54, 1.807) is 6.92 Å². The Morgan fingerprint density at radius 2 is 2.22 bits per heavy atom. The molecule has 0 aliphatic rings. The van der Waals surface area contributed by atoms with Crippen molar-refractivity contribution in [1.82, 2.24) is 0 Å². The predicted molar refractivity (Wildman–Crippen MR) is 69.4 cm³/mol. The summed E-state index contributed by atoms with van der Waals surface area (Å²) in [6.45, 7) is 1.71. The molecule has 3 nitrogen and oxygen atoms in total. The molecule has 0 radical (unpaired) electrons. The van der Waals surface area contributed by atoms with Gasteiger partial charge in [-0.2, -0.15) is 0 Å². The van der Waals surface area contributed by atoms with Crippen molar-refractivity contribution in [3.63, 3.8) is 0 Å². The van der Waals surface area contributed by atoms with E-state index >= 15 is 0 Å². The third-order valence-corrected chi connectivity index (χ3v) is 4.40. The second-order valence-corrected chi connectivity index (χ2v) is 6.13. The van der Waals surface area contributed by atoms with Crippen LogP contribution < -0.4 is 0 Å². The van der Waals surface area contributed by atoms with E-state index in [1.807, 2.05) is 0 Å². The summed E-state index contributed by atoms with van der Waals surface area (Å²) in [6, 6.07) is 4.21. The number of ether oxygens (including phenoxy) is 1. The summed E-state index contributed by atoms with van der Waals surface area (Å²) in [5.41, 5.74) is 0.677. The Balaban J connectivity index is 2.63.